The molecule has 1 aliphatic rings. The summed E-state index contributed by atoms with van der Waals surface area (Å²) in [5.74, 6) is 0. The van der Waals surface area contributed by atoms with Gasteiger partial charge in [-0.15, -0.1) is 0 Å². The summed E-state index contributed by atoms with van der Waals surface area (Å²) in [5.41, 5.74) is 8.98. The summed E-state index contributed by atoms with van der Waals surface area (Å²) >= 11 is -5.79. The van der Waals surface area contributed by atoms with Crippen molar-refractivity contribution >= 4 is 34.1 Å². The molecular weight excluding hydrogens is 505 g/mol. The summed E-state index contributed by atoms with van der Waals surface area (Å²) in [6, 6.07) is 33.3. The van der Waals surface area contributed by atoms with Crippen LogP contribution in [-0.4, -0.2) is 0 Å². The van der Waals surface area contributed by atoms with Gasteiger partial charge >= 0.3 is 216 Å². The Kier molecular flexibility index (Phi) is 5.75. The van der Waals surface area contributed by atoms with Crippen LogP contribution in [0.4, 0.5) is 0 Å². The monoisotopic (exact) mass is 535 g/mol. The Morgan fingerprint density at radius 2 is 1.31 bits per heavy atom. The molecule has 178 valence electrons. The van der Waals surface area contributed by atoms with Crippen LogP contribution >= 0.6 is 18.6 Å². The number of allylic oxidation sites excluding steroid dienone is 1. The zero-order chi connectivity index (χ0) is 24.9. The van der Waals surface area contributed by atoms with E-state index in [0.29, 0.717) is 4.73 Å². The van der Waals surface area contributed by atoms with E-state index in [1.807, 2.05) is 24.3 Å². The molecule has 1 aliphatic carbocycles. The van der Waals surface area contributed by atoms with E-state index >= 15 is 0 Å². The van der Waals surface area contributed by atoms with Crippen LogP contribution in [0.15, 0.2) is 97.1 Å². The van der Waals surface area contributed by atoms with Crippen molar-refractivity contribution < 1.29 is 12.2 Å². The van der Waals surface area contributed by atoms with Gasteiger partial charge in [-0.3, -0.25) is 0 Å². The number of halogens is 2. The number of hydrogen-bond donors (Lipinski definition) is 1. The molecule has 0 bridgehead atoms. The Morgan fingerprint density at radius 3 is 2.00 bits per heavy atom. The second-order valence-electron chi connectivity index (χ2n) is 10.4. The molecule has 35 heavy (non-hydrogen) atoms. The van der Waals surface area contributed by atoms with Crippen molar-refractivity contribution in [1.29, 1.82) is 0 Å². The van der Waals surface area contributed by atoms with Crippen LogP contribution in [0.2, 0.25) is 0 Å². The van der Waals surface area contributed by atoms with Crippen LogP contribution in [0.25, 0.3) is 11.6 Å². The molecule has 0 fully saturated rings. The van der Waals surface area contributed by atoms with Crippen LogP contribution in [-0.2, 0) is 16.9 Å². The first kappa shape index (κ1) is 24.6. The van der Waals surface area contributed by atoms with E-state index in [4.69, 9.17) is 22.8 Å². The quantitative estimate of drug-likeness (QED) is 0.256. The van der Waals surface area contributed by atoms with E-state index in [-0.39, 0.29) is 4.22 Å². The van der Waals surface area contributed by atoms with Crippen LogP contribution in [0, 0.1) is 20.8 Å². The Labute approximate surface area is 215 Å². The molecular formula is C31H31Cl2NTi. The van der Waals surface area contributed by atoms with Gasteiger partial charge in [-0.05, 0) is 0 Å². The molecule has 4 aromatic carbocycles. The Bertz CT molecular complexity index is 1460. The zero-order valence-corrected chi connectivity index (χ0v) is 23.5. The van der Waals surface area contributed by atoms with Gasteiger partial charge in [-0.2, -0.15) is 0 Å². The minimum atomic E-state index is -5.79. The average Bonchev–Trinajstić information content (AvgIpc) is 3.25. The average molecular weight is 536 g/mol. The number of rotatable bonds is 5. The van der Waals surface area contributed by atoms with Gasteiger partial charge in [0.15, 0.2) is 0 Å². The number of hydrogen-bond acceptors (Lipinski definition) is 1. The van der Waals surface area contributed by atoms with E-state index in [1.165, 1.54) is 11.1 Å². The summed E-state index contributed by atoms with van der Waals surface area (Å²) in [5, 5.41) is 0. The van der Waals surface area contributed by atoms with Gasteiger partial charge in [0.25, 0.3) is 0 Å². The molecule has 0 radical (unpaired) electrons. The van der Waals surface area contributed by atoms with E-state index in [2.05, 4.69) is 99.6 Å². The SMILES string of the molecule is Cc1cc[c]([Ti]([NH2])([Cl])([Cl])([CH2]c2ccccc2)[CH]2C(c3ccccc3)=Cc3ccccc32)c(C)c1C. The maximum absolute atomic E-state index is 8.21. The van der Waals surface area contributed by atoms with Gasteiger partial charge in [0.1, 0.15) is 0 Å². The topological polar surface area (TPSA) is 26.0 Å². The van der Waals surface area contributed by atoms with Crippen molar-refractivity contribution in [3.63, 3.8) is 0 Å². The third kappa shape index (κ3) is 3.95. The molecule has 1 atom stereocenters. The van der Waals surface area contributed by atoms with Gasteiger partial charge in [0.2, 0.25) is 0 Å². The fourth-order valence-electron chi connectivity index (χ4n) is 6.10. The fraction of sp³-hybridized carbons (Fsp3) is 0.161. The van der Waals surface area contributed by atoms with Crippen molar-refractivity contribution in [2.45, 2.75) is 29.7 Å². The first-order valence-corrected chi connectivity index (χ1v) is 20.1. The molecule has 0 saturated carbocycles. The number of benzene rings is 4. The van der Waals surface area contributed by atoms with Crippen molar-refractivity contribution in [2.75, 3.05) is 0 Å². The van der Waals surface area contributed by atoms with Crippen molar-refractivity contribution in [1.82, 2.24) is 0 Å². The molecule has 0 heterocycles. The van der Waals surface area contributed by atoms with Crippen LogP contribution in [0.3, 0.4) is 0 Å². The molecule has 2 N–H and O–H groups in total. The van der Waals surface area contributed by atoms with Crippen molar-refractivity contribution in [3.8, 4) is 0 Å². The number of nitrogens with two attached hydrogens (primary N) is 1. The molecule has 4 aromatic rings. The Hall–Kier alpha value is -2.13. The first-order chi connectivity index (χ1) is 16.5. The van der Waals surface area contributed by atoms with Crippen LogP contribution < -0.4 is 8.08 Å². The predicted molar refractivity (Wildman–Crippen MR) is 150 cm³/mol. The molecule has 0 amide bonds. The Morgan fingerprint density at radius 1 is 0.714 bits per heavy atom. The summed E-state index contributed by atoms with van der Waals surface area (Å²) in [4.78, 5) is 0. The van der Waals surface area contributed by atoms with E-state index < -0.39 is 12.2 Å². The summed E-state index contributed by atoms with van der Waals surface area (Å²) in [7, 11) is 16.4. The number of fused-ring (bicyclic) bond motifs is 1. The van der Waals surface area contributed by atoms with Crippen molar-refractivity contribution in [3.05, 3.63) is 136 Å². The van der Waals surface area contributed by atoms with Crippen LogP contribution in [0.1, 0.15) is 43.2 Å². The van der Waals surface area contributed by atoms with Gasteiger partial charge < -0.3 is 0 Å². The summed E-state index contributed by atoms with van der Waals surface area (Å²) < 4.78 is 8.88. The molecule has 0 aliphatic heterocycles. The second-order valence-corrected chi connectivity index (χ2v) is 28.6. The van der Waals surface area contributed by atoms with Gasteiger partial charge in [0, 0.05) is 0 Å². The maximum atomic E-state index is 8.21. The summed E-state index contributed by atoms with van der Waals surface area (Å²) in [6.45, 7) is 6.38. The number of aryl methyl sites for hydroxylation is 1. The Balaban J connectivity index is 1.89. The normalized spacial score (nSPS) is 17.3. The third-order valence-corrected chi connectivity index (χ3v) is 20.9. The van der Waals surface area contributed by atoms with Crippen molar-refractivity contribution in [2.24, 2.45) is 4.22 Å². The van der Waals surface area contributed by atoms with E-state index in [9.17, 15) is 0 Å². The molecule has 1 unspecified atom stereocenters. The molecule has 0 aromatic heterocycles. The first-order valence-electron chi connectivity index (χ1n) is 12.1. The summed E-state index contributed by atoms with van der Waals surface area (Å²) in [6.07, 6.45) is 2.23. The molecule has 5 rings (SSSR count). The predicted octanol–water partition coefficient (Wildman–Crippen LogP) is 8.14. The molecule has 0 spiro atoms. The third-order valence-electron chi connectivity index (χ3n) is 8.01. The minimum absolute atomic E-state index is 0.335. The standard InChI is InChI=1S/C15H11.C9H11.C7H7.2ClH.H2N.Ti/c1-2-6-12(7-3-1)15-10-13-8-4-5-9-14(13)11-15;1-7-5-4-6-8(2)9(7)3;1-7-5-3-2-4-6-7;;;;/h1-11H;4-5H,1-3H3;2-6H,1H2;2*1H;1H2;/q;;;;;-1;+3/p-2. The second kappa shape index (κ2) is 8.20. The molecule has 4 heteroatoms. The van der Waals surface area contributed by atoms with E-state index in [0.717, 1.165) is 37.3 Å². The molecule has 0 saturated heterocycles. The molecule has 1 nitrogen and oxygen atoms in total. The van der Waals surface area contributed by atoms with Gasteiger partial charge in [-0.1, -0.05) is 0 Å². The fourth-order valence-corrected chi connectivity index (χ4v) is 19.9. The van der Waals surface area contributed by atoms with Gasteiger partial charge in [-0.25, -0.2) is 0 Å². The van der Waals surface area contributed by atoms with E-state index in [1.54, 1.807) is 0 Å². The van der Waals surface area contributed by atoms with Gasteiger partial charge in [0.05, 0.1) is 0 Å². The zero-order valence-electron chi connectivity index (χ0n) is 20.4. The van der Waals surface area contributed by atoms with Crippen LogP contribution in [0.5, 0.6) is 0 Å².